The summed E-state index contributed by atoms with van der Waals surface area (Å²) < 4.78 is 0. The molecule has 0 aliphatic carbocycles. The van der Waals surface area contributed by atoms with Gasteiger partial charge in [0.25, 0.3) is 0 Å². The fourth-order valence-corrected chi connectivity index (χ4v) is 3.80. The van der Waals surface area contributed by atoms with Crippen molar-refractivity contribution in [3.05, 3.63) is 35.9 Å². The molecule has 0 spiro atoms. The van der Waals surface area contributed by atoms with Gasteiger partial charge in [0.2, 0.25) is 17.7 Å². The summed E-state index contributed by atoms with van der Waals surface area (Å²) in [5.74, 6) is -0.555. The van der Waals surface area contributed by atoms with E-state index in [0.717, 1.165) is 11.3 Å². The minimum absolute atomic E-state index is 0.0959. The van der Waals surface area contributed by atoms with Gasteiger partial charge in [0.05, 0.1) is 12.1 Å². The van der Waals surface area contributed by atoms with Crippen LogP contribution >= 0.6 is 11.8 Å². The van der Waals surface area contributed by atoms with Crippen molar-refractivity contribution in [2.75, 3.05) is 12.0 Å². The summed E-state index contributed by atoms with van der Waals surface area (Å²) in [7, 11) is 0. The molecule has 9 heteroatoms. The predicted molar refractivity (Wildman–Crippen MR) is 137 cm³/mol. The molecule has 8 nitrogen and oxygen atoms in total. The molecule has 1 aromatic carbocycles. The van der Waals surface area contributed by atoms with Crippen molar-refractivity contribution in [3.8, 4) is 0 Å². The molecule has 0 bridgehead atoms. The lowest BCUT2D eigenvalue weighted by Gasteiger charge is -2.26. The first-order valence-electron chi connectivity index (χ1n) is 11.7. The summed E-state index contributed by atoms with van der Waals surface area (Å²) in [5.41, 5.74) is 6.85. The fraction of sp³-hybridized carbons (Fsp3) is 0.600. The topological polar surface area (TPSA) is 130 Å². The summed E-state index contributed by atoms with van der Waals surface area (Å²) in [6.45, 7) is 7.56. The third-order valence-corrected chi connectivity index (χ3v) is 6.05. The molecule has 34 heavy (non-hydrogen) atoms. The Kier molecular flexibility index (Phi) is 13.5. The van der Waals surface area contributed by atoms with Crippen LogP contribution in [0, 0.1) is 11.8 Å². The van der Waals surface area contributed by atoms with E-state index in [4.69, 9.17) is 5.73 Å². The van der Waals surface area contributed by atoms with E-state index < -0.39 is 41.9 Å². The van der Waals surface area contributed by atoms with E-state index in [9.17, 15) is 19.2 Å². The van der Waals surface area contributed by atoms with Crippen LogP contribution in [0.3, 0.4) is 0 Å². The number of carbonyl (C=O) groups is 4. The van der Waals surface area contributed by atoms with Crippen molar-refractivity contribution < 1.29 is 19.2 Å². The molecule has 0 unspecified atom stereocenters. The number of thioether (sulfide) groups is 1. The monoisotopic (exact) mass is 492 g/mol. The summed E-state index contributed by atoms with van der Waals surface area (Å²) in [6, 6.07) is 6.21. The maximum atomic E-state index is 13.3. The van der Waals surface area contributed by atoms with Gasteiger partial charge in [-0.1, -0.05) is 58.0 Å². The Morgan fingerprint density at radius 3 is 2.06 bits per heavy atom. The number of nitrogens with one attached hydrogen (secondary N) is 3. The van der Waals surface area contributed by atoms with Gasteiger partial charge in [-0.05, 0) is 42.2 Å². The molecular formula is C25H40N4O4S. The van der Waals surface area contributed by atoms with Crippen molar-refractivity contribution in [2.24, 2.45) is 17.6 Å². The van der Waals surface area contributed by atoms with Crippen molar-refractivity contribution in [3.63, 3.8) is 0 Å². The van der Waals surface area contributed by atoms with Crippen molar-refractivity contribution in [2.45, 2.75) is 71.1 Å². The molecule has 0 saturated heterocycles. The Hall–Kier alpha value is -2.39. The SMILES string of the molecule is CSCC[C@@H](C=O)NC(=O)[C@H](CC(C)C)NC(=O)[C@H](Cc1ccccc1)NC(=O)[C@@H](N)C(C)C. The van der Waals surface area contributed by atoms with Crippen LogP contribution in [-0.2, 0) is 25.6 Å². The number of rotatable bonds is 15. The molecule has 3 amide bonds. The lowest BCUT2D eigenvalue weighted by atomic mass is 9.99. The molecule has 0 saturated carbocycles. The lowest BCUT2D eigenvalue weighted by molar-refractivity contribution is -0.133. The quantitative estimate of drug-likeness (QED) is 0.276. The number of carbonyl (C=O) groups excluding carboxylic acids is 4. The highest BCUT2D eigenvalue weighted by Crippen LogP contribution is 2.10. The normalized spacial score (nSPS) is 14.7. The highest BCUT2D eigenvalue weighted by molar-refractivity contribution is 7.98. The van der Waals surface area contributed by atoms with E-state index in [1.54, 1.807) is 11.8 Å². The third-order valence-electron chi connectivity index (χ3n) is 5.40. The van der Waals surface area contributed by atoms with Crippen LogP contribution in [0.2, 0.25) is 0 Å². The average molecular weight is 493 g/mol. The second-order valence-corrected chi connectivity index (χ2v) is 10.2. The molecular weight excluding hydrogens is 452 g/mol. The molecule has 4 atom stereocenters. The van der Waals surface area contributed by atoms with E-state index in [1.165, 1.54) is 0 Å². The van der Waals surface area contributed by atoms with Gasteiger partial charge >= 0.3 is 0 Å². The Morgan fingerprint density at radius 1 is 0.941 bits per heavy atom. The molecule has 0 radical (unpaired) electrons. The van der Waals surface area contributed by atoms with E-state index in [0.29, 0.717) is 19.1 Å². The van der Waals surface area contributed by atoms with Crippen molar-refractivity contribution in [1.82, 2.24) is 16.0 Å². The zero-order valence-electron chi connectivity index (χ0n) is 20.9. The number of hydrogen-bond acceptors (Lipinski definition) is 6. The summed E-state index contributed by atoms with van der Waals surface area (Å²) in [5, 5.41) is 8.29. The van der Waals surface area contributed by atoms with Crippen LogP contribution in [0.1, 0.15) is 46.1 Å². The largest absolute Gasteiger partial charge is 0.345 e. The Labute approximate surface area is 207 Å². The lowest BCUT2D eigenvalue weighted by Crippen LogP contribution is -2.58. The molecule has 0 aliphatic heterocycles. The molecule has 0 fully saturated rings. The van der Waals surface area contributed by atoms with E-state index in [1.807, 2.05) is 64.3 Å². The van der Waals surface area contributed by atoms with Crippen molar-refractivity contribution >= 4 is 35.8 Å². The molecule has 5 N–H and O–H groups in total. The maximum absolute atomic E-state index is 13.3. The van der Waals surface area contributed by atoms with Gasteiger partial charge in [0.1, 0.15) is 18.4 Å². The molecule has 190 valence electrons. The van der Waals surface area contributed by atoms with Crippen LogP contribution in [0.25, 0.3) is 0 Å². The summed E-state index contributed by atoms with van der Waals surface area (Å²) >= 11 is 1.59. The predicted octanol–water partition coefficient (Wildman–Crippen LogP) is 1.66. The molecule has 1 aromatic rings. The van der Waals surface area contributed by atoms with Crippen LogP contribution in [0.5, 0.6) is 0 Å². The van der Waals surface area contributed by atoms with E-state index >= 15 is 0 Å². The standard InChI is InChI=1S/C25H40N4O4S/c1-16(2)13-20(23(31)27-19(15-30)11-12-34-5)28-24(32)21(14-18-9-7-6-8-10-18)29-25(33)22(26)17(3)4/h6-10,15-17,19-22H,11-14,26H2,1-5H3,(H,27,31)(H,28,32)(H,29,33)/t19-,20-,21-,22-/m0/s1. The minimum atomic E-state index is -0.902. The highest BCUT2D eigenvalue weighted by Gasteiger charge is 2.30. The zero-order chi connectivity index (χ0) is 25.7. The van der Waals surface area contributed by atoms with Gasteiger partial charge < -0.3 is 26.5 Å². The molecule has 1 rings (SSSR count). The summed E-state index contributed by atoms with van der Waals surface area (Å²) in [6.07, 6.45) is 3.80. The van der Waals surface area contributed by atoms with Gasteiger partial charge in [0, 0.05) is 6.42 Å². The second kappa shape index (κ2) is 15.5. The second-order valence-electron chi connectivity index (χ2n) is 9.24. The number of hydrogen-bond donors (Lipinski definition) is 4. The zero-order valence-corrected chi connectivity index (χ0v) is 21.7. The van der Waals surface area contributed by atoms with Crippen LogP contribution in [-0.4, -0.2) is 60.2 Å². The third kappa shape index (κ3) is 10.7. The Balaban J connectivity index is 3.04. The number of amides is 3. The van der Waals surface area contributed by atoms with Crippen LogP contribution in [0.15, 0.2) is 30.3 Å². The van der Waals surface area contributed by atoms with Gasteiger partial charge in [-0.3, -0.25) is 14.4 Å². The highest BCUT2D eigenvalue weighted by atomic mass is 32.2. The van der Waals surface area contributed by atoms with E-state index in [2.05, 4.69) is 16.0 Å². The van der Waals surface area contributed by atoms with Crippen LogP contribution < -0.4 is 21.7 Å². The molecule has 0 aromatic heterocycles. The first-order valence-corrected chi connectivity index (χ1v) is 13.1. The molecule has 0 aliphatic rings. The van der Waals surface area contributed by atoms with Crippen LogP contribution in [0.4, 0.5) is 0 Å². The summed E-state index contributed by atoms with van der Waals surface area (Å²) in [4.78, 5) is 50.3. The first kappa shape index (κ1) is 29.6. The number of aldehydes is 1. The Morgan fingerprint density at radius 2 is 1.53 bits per heavy atom. The average Bonchev–Trinajstić information content (AvgIpc) is 2.80. The van der Waals surface area contributed by atoms with Gasteiger partial charge in [0.15, 0.2) is 0 Å². The number of benzene rings is 1. The number of nitrogens with two attached hydrogens (primary N) is 1. The fourth-order valence-electron chi connectivity index (χ4n) is 3.31. The minimum Gasteiger partial charge on any atom is -0.345 e. The Bertz CT molecular complexity index is 788. The smallest absolute Gasteiger partial charge is 0.243 e. The maximum Gasteiger partial charge on any atom is 0.243 e. The van der Waals surface area contributed by atoms with Gasteiger partial charge in [-0.25, -0.2) is 0 Å². The van der Waals surface area contributed by atoms with Crippen molar-refractivity contribution in [1.29, 1.82) is 0 Å². The van der Waals surface area contributed by atoms with Gasteiger partial charge in [-0.2, -0.15) is 11.8 Å². The van der Waals surface area contributed by atoms with Gasteiger partial charge in [-0.15, -0.1) is 0 Å². The first-order chi connectivity index (χ1) is 16.1. The van der Waals surface area contributed by atoms with E-state index in [-0.39, 0.29) is 18.3 Å². The molecule has 0 heterocycles.